The molecule has 1 amide bonds. The van der Waals surface area contributed by atoms with E-state index in [0.717, 1.165) is 11.4 Å². The van der Waals surface area contributed by atoms with Crippen molar-refractivity contribution >= 4 is 17.5 Å². The summed E-state index contributed by atoms with van der Waals surface area (Å²) in [6.45, 7) is 4.60. The molecule has 1 aliphatic rings. The van der Waals surface area contributed by atoms with E-state index in [0.29, 0.717) is 11.5 Å². The first kappa shape index (κ1) is 13.7. The van der Waals surface area contributed by atoms with E-state index in [2.05, 4.69) is 29.2 Å². The topological polar surface area (TPSA) is 50.4 Å². The highest BCUT2D eigenvalue weighted by molar-refractivity contribution is 5.85. The number of anilines is 2. The summed E-state index contributed by atoms with van der Waals surface area (Å²) in [5, 5.41) is 6.25. The normalized spacial score (nSPS) is 20.9. The van der Waals surface area contributed by atoms with Crippen molar-refractivity contribution < 1.29 is 9.53 Å². The van der Waals surface area contributed by atoms with E-state index in [4.69, 9.17) is 0 Å². The Balaban J connectivity index is 2.05. The Morgan fingerprint density at radius 1 is 1.37 bits per heavy atom. The maximum absolute atomic E-state index is 11.2. The van der Waals surface area contributed by atoms with E-state index in [9.17, 15) is 4.79 Å². The number of hydrogen-bond donors (Lipinski definition) is 2. The lowest BCUT2D eigenvalue weighted by Gasteiger charge is -2.28. The Kier molecular flexibility index (Phi) is 3.98. The van der Waals surface area contributed by atoms with Gasteiger partial charge in [0, 0.05) is 17.4 Å². The highest BCUT2D eigenvalue weighted by Crippen LogP contribution is 2.39. The zero-order valence-corrected chi connectivity index (χ0v) is 11.8. The Morgan fingerprint density at radius 3 is 2.74 bits per heavy atom. The number of nitrogens with one attached hydrogen (secondary N) is 2. The van der Waals surface area contributed by atoms with Gasteiger partial charge in [0.25, 0.3) is 0 Å². The highest BCUT2D eigenvalue weighted by Gasteiger charge is 2.34. The second-order valence-electron chi connectivity index (χ2n) is 5.78. The molecule has 1 aromatic carbocycles. The van der Waals surface area contributed by atoms with Gasteiger partial charge in [-0.25, -0.2) is 4.79 Å². The molecule has 104 valence electrons. The highest BCUT2D eigenvalue weighted by atomic mass is 16.5. The molecule has 1 aliphatic carbocycles. The smallest absolute Gasteiger partial charge is 0.411 e. The SMILES string of the molecule is COC(=O)Nc1cccc(NC2CCCC2(C)C)c1. The standard InChI is InChI=1S/C15H22N2O2/c1-15(2)9-5-8-13(15)16-11-6-4-7-12(10-11)17-14(18)19-3/h4,6-7,10,13,16H,5,8-9H2,1-3H3,(H,17,18). The van der Waals surface area contributed by atoms with Gasteiger partial charge >= 0.3 is 6.09 Å². The van der Waals surface area contributed by atoms with Gasteiger partial charge in [-0.3, -0.25) is 5.32 Å². The predicted molar refractivity (Wildman–Crippen MR) is 77.5 cm³/mol. The summed E-state index contributed by atoms with van der Waals surface area (Å²) >= 11 is 0. The molecule has 0 bridgehead atoms. The lowest BCUT2D eigenvalue weighted by Crippen LogP contribution is -2.30. The second-order valence-corrected chi connectivity index (χ2v) is 5.78. The summed E-state index contributed by atoms with van der Waals surface area (Å²) < 4.78 is 4.59. The minimum atomic E-state index is -0.446. The van der Waals surface area contributed by atoms with Crippen LogP contribution in [0.15, 0.2) is 24.3 Å². The van der Waals surface area contributed by atoms with E-state index in [1.54, 1.807) is 0 Å². The number of carbonyl (C=O) groups is 1. The van der Waals surface area contributed by atoms with Gasteiger partial charge in [-0.15, -0.1) is 0 Å². The largest absolute Gasteiger partial charge is 0.453 e. The van der Waals surface area contributed by atoms with Crippen molar-refractivity contribution in [3.05, 3.63) is 24.3 Å². The molecule has 2 N–H and O–H groups in total. The summed E-state index contributed by atoms with van der Waals surface area (Å²) in [5.41, 5.74) is 2.10. The van der Waals surface area contributed by atoms with Crippen molar-refractivity contribution in [3.63, 3.8) is 0 Å². The molecule has 4 nitrogen and oxygen atoms in total. The number of carbonyl (C=O) groups excluding carboxylic acids is 1. The van der Waals surface area contributed by atoms with E-state index in [-0.39, 0.29) is 0 Å². The van der Waals surface area contributed by atoms with Crippen molar-refractivity contribution in [2.24, 2.45) is 5.41 Å². The Bertz CT molecular complexity index is 457. The van der Waals surface area contributed by atoms with Crippen LogP contribution in [0.5, 0.6) is 0 Å². The monoisotopic (exact) mass is 262 g/mol. The number of methoxy groups -OCH3 is 1. The number of hydrogen-bond acceptors (Lipinski definition) is 3. The van der Waals surface area contributed by atoms with Gasteiger partial charge < -0.3 is 10.1 Å². The molecule has 1 fully saturated rings. The molecule has 0 spiro atoms. The van der Waals surface area contributed by atoms with Crippen LogP contribution in [0.1, 0.15) is 33.1 Å². The van der Waals surface area contributed by atoms with Crippen LogP contribution < -0.4 is 10.6 Å². The fourth-order valence-corrected chi connectivity index (χ4v) is 2.65. The van der Waals surface area contributed by atoms with Crippen LogP contribution in [0.25, 0.3) is 0 Å². The van der Waals surface area contributed by atoms with Crippen molar-refractivity contribution in [1.29, 1.82) is 0 Å². The first-order valence-corrected chi connectivity index (χ1v) is 6.73. The summed E-state index contributed by atoms with van der Waals surface area (Å²) in [7, 11) is 1.36. The minimum absolute atomic E-state index is 0.325. The minimum Gasteiger partial charge on any atom is -0.453 e. The van der Waals surface area contributed by atoms with Crippen LogP contribution in [0.4, 0.5) is 16.2 Å². The Morgan fingerprint density at radius 2 is 2.11 bits per heavy atom. The molecule has 1 atom stereocenters. The average Bonchev–Trinajstić information content (AvgIpc) is 2.69. The number of amides is 1. The molecule has 1 aromatic rings. The van der Waals surface area contributed by atoms with E-state index >= 15 is 0 Å². The van der Waals surface area contributed by atoms with Gasteiger partial charge in [0.05, 0.1) is 7.11 Å². The molecule has 0 heterocycles. The average molecular weight is 262 g/mol. The van der Waals surface area contributed by atoms with Crippen LogP contribution in [0.3, 0.4) is 0 Å². The molecule has 2 rings (SSSR count). The number of benzene rings is 1. The quantitative estimate of drug-likeness (QED) is 0.869. The summed E-state index contributed by atoms with van der Waals surface area (Å²) in [6.07, 6.45) is 3.27. The summed E-state index contributed by atoms with van der Waals surface area (Å²) in [4.78, 5) is 11.2. The van der Waals surface area contributed by atoms with Crippen LogP contribution in [-0.4, -0.2) is 19.2 Å². The van der Waals surface area contributed by atoms with Gasteiger partial charge in [0.2, 0.25) is 0 Å². The third-order valence-corrected chi connectivity index (χ3v) is 3.89. The third-order valence-electron chi connectivity index (χ3n) is 3.89. The first-order valence-electron chi connectivity index (χ1n) is 6.73. The fraction of sp³-hybridized carbons (Fsp3) is 0.533. The predicted octanol–water partition coefficient (Wildman–Crippen LogP) is 3.86. The van der Waals surface area contributed by atoms with Crippen LogP contribution >= 0.6 is 0 Å². The maximum atomic E-state index is 11.2. The molecular formula is C15H22N2O2. The molecule has 1 saturated carbocycles. The van der Waals surface area contributed by atoms with Gasteiger partial charge in [-0.05, 0) is 36.5 Å². The summed E-state index contributed by atoms with van der Waals surface area (Å²) in [6, 6.07) is 8.22. The van der Waals surface area contributed by atoms with Crippen LogP contribution in [0.2, 0.25) is 0 Å². The zero-order valence-electron chi connectivity index (χ0n) is 11.8. The first-order chi connectivity index (χ1) is 9.01. The molecule has 1 unspecified atom stereocenters. The molecule has 0 radical (unpaired) electrons. The molecule has 0 aromatic heterocycles. The van der Waals surface area contributed by atoms with Gasteiger partial charge in [-0.1, -0.05) is 26.3 Å². The van der Waals surface area contributed by atoms with Gasteiger partial charge in [-0.2, -0.15) is 0 Å². The second kappa shape index (κ2) is 5.51. The Labute approximate surface area is 114 Å². The van der Waals surface area contributed by atoms with E-state index < -0.39 is 6.09 Å². The fourth-order valence-electron chi connectivity index (χ4n) is 2.65. The lowest BCUT2D eigenvalue weighted by molar-refractivity contribution is 0.187. The summed E-state index contributed by atoms with van der Waals surface area (Å²) in [5.74, 6) is 0. The number of ether oxygens (including phenoxy) is 1. The molecule has 19 heavy (non-hydrogen) atoms. The molecule has 0 saturated heterocycles. The third kappa shape index (κ3) is 3.40. The maximum Gasteiger partial charge on any atom is 0.411 e. The van der Waals surface area contributed by atoms with Crippen molar-refractivity contribution in [2.45, 2.75) is 39.2 Å². The van der Waals surface area contributed by atoms with Gasteiger partial charge in [0.15, 0.2) is 0 Å². The van der Waals surface area contributed by atoms with Gasteiger partial charge in [0.1, 0.15) is 0 Å². The number of rotatable bonds is 3. The molecule has 0 aliphatic heterocycles. The molecular weight excluding hydrogens is 240 g/mol. The van der Waals surface area contributed by atoms with E-state index in [1.807, 2.05) is 24.3 Å². The van der Waals surface area contributed by atoms with Crippen molar-refractivity contribution in [2.75, 3.05) is 17.7 Å². The van der Waals surface area contributed by atoms with E-state index in [1.165, 1.54) is 26.4 Å². The van der Waals surface area contributed by atoms with Crippen molar-refractivity contribution in [1.82, 2.24) is 0 Å². The zero-order chi connectivity index (χ0) is 13.9. The molecule has 4 heteroatoms. The Hall–Kier alpha value is -1.71. The van der Waals surface area contributed by atoms with Crippen LogP contribution in [-0.2, 0) is 4.74 Å². The lowest BCUT2D eigenvalue weighted by atomic mass is 9.87. The van der Waals surface area contributed by atoms with Crippen LogP contribution in [0, 0.1) is 5.41 Å². The van der Waals surface area contributed by atoms with Crippen molar-refractivity contribution in [3.8, 4) is 0 Å².